The van der Waals surface area contributed by atoms with Gasteiger partial charge in [0.15, 0.2) is 0 Å². The maximum atomic E-state index is 5.26. The second kappa shape index (κ2) is 17.0. The zero-order valence-corrected chi connectivity index (χ0v) is 42.2. The molecule has 0 unspecified atom stereocenters. The van der Waals surface area contributed by atoms with Crippen LogP contribution >= 0.6 is 22.7 Å². The van der Waals surface area contributed by atoms with Crippen molar-refractivity contribution in [3.63, 3.8) is 0 Å². The molecule has 0 saturated carbocycles. The Morgan fingerprint density at radius 3 is 1.53 bits per heavy atom. The Labute approximate surface area is 443 Å². The highest BCUT2D eigenvalue weighted by molar-refractivity contribution is 7.26. The van der Waals surface area contributed by atoms with E-state index in [2.05, 4.69) is 220 Å². The van der Waals surface area contributed by atoms with Crippen LogP contribution in [0.2, 0.25) is 0 Å². The van der Waals surface area contributed by atoms with Crippen LogP contribution in [0.25, 0.3) is 151 Å². The standard InChI is InChI=1S/C68H40N6S2/c1-3-11-41(12-4-1)47-26-28-70-66(33-47)74-59-37-64-54(52-18-7-8-19-62(52)75-64)34-57(59)68-61(74)31-50(40-72-68)44-22-20-43(21-23-44)46-24-25-53-55-35-56-58(36-65(55)76-63(53)32-46)73(51-17-9-15-45(29-51)48-16-10-27-69-38-48)60-30-49(39-71-67(56)60)42-13-5-2-6-14-42/h1-40H. The van der Waals surface area contributed by atoms with Crippen LogP contribution in [0.3, 0.4) is 0 Å². The molecule has 0 amide bonds. The smallest absolute Gasteiger partial charge is 0.138 e. The maximum absolute atomic E-state index is 5.26. The van der Waals surface area contributed by atoms with Gasteiger partial charge in [-0.2, -0.15) is 0 Å². The molecule has 0 aliphatic carbocycles. The minimum absolute atomic E-state index is 0.861. The van der Waals surface area contributed by atoms with Crippen molar-refractivity contribution in [3.8, 4) is 67.1 Å². The molecule has 8 heteroatoms. The third-order valence-electron chi connectivity index (χ3n) is 15.1. The summed E-state index contributed by atoms with van der Waals surface area (Å²) in [6.45, 7) is 0. The molecule has 0 N–H and O–H groups in total. The highest BCUT2D eigenvalue weighted by atomic mass is 32.1. The van der Waals surface area contributed by atoms with E-state index >= 15 is 0 Å². The number of benzene rings is 8. The fraction of sp³-hybridized carbons (Fsp3) is 0. The van der Waals surface area contributed by atoms with Crippen molar-refractivity contribution >= 4 is 107 Å². The summed E-state index contributed by atoms with van der Waals surface area (Å²) in [4.78, 5) is 19.9. The molecular weight excluding hydrogens is 965 g/mol. The Bertz CT molecular complexity index is 4980. The average Bonchev–Trinajstić information content (AvgIpc) is 4.25. The molecule has 0 aliphatic rings. The zero-order valence-electron chi connectivity index (χ0n) is 40.6. The van der Waals surface area contributed by atoms with Crippen molar-refractivity contribution in [2.75, 3.05) is 0 Å². The SMILES string of the molecule is c1ccc(-c2ccnc(-n3c4cc5sc6ccccc6c5cc4c4ncc(-c5ccc(-c6ccc7c(c6)sc6cc8c(cc67)c6ncc(-c7ccccc7)cc6n8-c6cccc(-c7cccnc7)c6)cc5)cc43)c2)cc1. The number of rotatable bonds is 7. The van der Waals surface area contributed by atoms with E-state index in [1.54, 1.807) is 0 Å². The van der Waals surface area contributed by atoms with Gasteiger partial charge in [-0.1, -0.05) is 133 Å². The lowest BCUT2D eigenvalue weighted by molar-refractivity contribution is 1.08. The predicted octanol–water partition coefficient (Wildman–Crippen LogP) is 18.5. The van der Waals surface area contributed by atoms with Gasteiger partial charge in [-0.25, -0.2) is 4.98 Å². The second-order valence-corrected chi connectivity index (χ2v) is 21.7. The van der Waals surface area contributed by atoms with E-state index in [1.807, 2.05) is 59.7 Å². The van der Waals surface area contributed by atoms with Crippen LogP contribution in [0.1, 0.15) is 0 Å². The van der Waals surface area contributed by atoms with Gasteiger partial charge in [0.05, 0.1) is 33.1 Å². The van der Waals surface area contributed by atoms with Gasteiger partial charge in [-0.15, -0.1) is 22.7 Å². The van der Waals surface area contributed by atoms with E-state index in [9.17, 15) is 0 Å². The Balaban J connectivity index is 0.791. The van der Waals surface area contributed by atoms with E-state index in [4.69, 9.17) is 15.0 Å². The lowest BCUT2D eigenvalue weighted by atomic mass is 10.00. The first kappa shape index (κ1) is 42.9. The summed E-state index contributed by atoms with van der Waals surface area (Å²) in [6, 6.07) is 76.7. The van der Waals surface area contributed by atoms with Gasteiger partial charge >= 0.3 is 0 Å². The molecular formula is C68H40N6S2. The van der Waals surface area contributed by atoms with Gasteiger partial charge < -0.3 is 4.57 Å². The number of thiophene rings is 2. The fourth-order valence-electron chi connectivity index (χ4n) is 11.5. The van der Waals surface area contributed by atoms with Gasteiger partial charge in [0.1, 0.15) is 5.82 Å². The first-order valence-corrected chi connectivity index (χ1v) is 27.0. The third-order valence-corrected chi connectivity index (χ3v) is 17.4. The Hall–Kier alpha value is -9.60. The van der Waals surface area contributed by atoms with E-state index in [0.717, 1.165) is 105 Å². The summed E-state index contributed by atoms with van der Waals surface area (Å²) in [5, 5.41) is 7.25. The van der Waals surface area contributed by atoms with Gasteiger partial charge in [0.2, 0.25) is 0 Å². The first-order valence-electron chi connectivity index (χ1n) is 25.4. The summed E-state index contributed by atoms with van der Waals surface area (Å²) < 4.78 is 9.70. The van der Waals surface area contributed by atoms with Gasteiger partial charge in [-0.3, -0.25) is 19.5 Å². The van der Waals surface area contributed by atoms with Crippen LogP contribution in [-0.4, -0.2) is 29.1 Å². The lowest BCUT2D eigenvalue weighted by Gasteiger charge is -2.11. The maximum Gasteiger partial charge on any atom is 0.138 e. The quantitative estimate of drug-likeness (QED) is 0.160. The molecule has 6 nitrogen and oxygen atoms in total. The molecule has 0 aliphatic heterocycles. The molecule has 354 valence electrons. The average molecular weight is 1010 g/mol. The Morgan fingerprint density at radius 1 is 0.276 bits per heavy atom. The van der Waals surface area contributed by atoms with Crippen molar-refractivity contribution in [1.29, 1.82) is 0 Å². The highest BCUT2D eigenvalue weighted by Crippen LogP contribution is 2.44. The van der Waals surface area contributed by atoms with Crippen LogP contribution in [0, 0.1) is 0 Å². The van der Waals surface area contributed by atoms with Crippen LogP contribution in [0.15, 0.2) is 243 Å². The molecule has 8 aromatic heterocycles. The van der Waals surface area contributed by atoms with Crippen molar-refractivity contribution < 1.29 is 0 Å². The normalized spacial score (nSPS) is 11.9. The minimum Gasteiger partial charge on any atom is -0.308 e. The largest absolute Gasteiger partial charge is 0.308 e. The number of hydrogen-bond acceptors (Lipinski definition) is 6. The predicted molar refractivity (Wildman–Crippen MR) is 319 cm³/mol. The molecule has 0 fully saturated rings. The van der Waals surface area contributed by atoms with Crippen molar-refractivity contribution in [2.24, 2.45) is 0 Å². The molecule has 0 spiro atoms. The van der Waals surface area contributed by atoms with Crippen LogP contribution < -0.4 is 0 Å². The number of hydrogen-bond donors (Lipinski definition) is 0. The van der Waals surface area contributed by atoms with Crippen LogP contribution in [-0.2, 0) is 0 Å². The Morgan fingerprint density at radius 2 is 0.816 bits per heavy atom. The van der Waals surface area contributed by atoms with Crippen molar-refractivity contribution in [1.82, 2.24) is 29.1 Å². The summed E-state index contributed by atoms with van der Waals surface area (Å²) in [6.07, 6.45) is 9.71. The number of aromatic nitrogens is 6. The molecule has 8 heterocycles. The second-order valence-electron chi connectivity index (χ2n) is 19.5. The molecule has 16 aromatic rings. The summed E-state index contributed by atoms with van der Waals surface area (Å²) in [7, 11) is 0. The summed E-state index contributed by atoms with van der Waals surface area (Å²) in [5.74, 6) is 0.861. The highest BCUT2D eigenvalue weighted by Gasteiger charge is 2.21. The van der Waals surface area contributed by atoms with E-state index in [-0.39, 0.29) is 0 Å². The van der Waals surface area contributed by atoms with Gasteiger partial charge in [0, 0.05) is 104 Å². The fourth-order valence-corrected chi connectivity index (χ4v) is 13.7. The monoisotopic (exact) mass is 1000 g/mol. The molecule has 0 saturated heterocycles. The zero-order chi connectivity index (χ0) is 49.8. The summed E-state index contributed by atoms with van der Waals surface area (Å²) >= 11 is 3.68. The van der Waals surface area contributed by atoms with Crippen LogP contribution in [0.4, 0.5) is 0 Å². The number of fused-ring (bicyclic) bond motifs is 12. The molecule has 16 rings (SSSR count). The van der Waals surface area contributed by atoms with E-state index < -0.39 is 0 Å². The molecule has 0 radical (unpaired) electrons. The van der Waals surface area contributed by atoms with E-state index in [1.165, 1.54) is 45.9 Å². The summed E-state index contributed by atoms with van der Waals surface area (Å²) in [5.41, 5.74) is 18.5. The number of nitrogens with zero attached hydrogens (tertiary/aromatic N) is 6. The molecule has 0 bridgehead atoms. The first-order chi connectivity index (χ1) is 37.6. The third kappa shape index (κ3) is 6.85. The van der Waals surface area contributed by atoms with E-state index in [0.29, 0.717) is 0 Å². The van der Waals surface area contributed by atoms with Crippen molar-refractivity contribution in [3.05, 3.63) is 243 Å². The minimum atomic E-state index is 0.861. The Kier molecular flexibility index (Phi) is 9.57. The van der Waals surface area contributed by atoms with Gasteiger partial charge in [-0.05, 0) is 118 Å². The molecule has 76 heavy (non-hydrogen) atoms. The lowest BCUT2D eigenvalue weighted by Crippen LogP contribution is -1.98. The molecule has 8 aromatic carbocycles. The molecule has 0 atom stereocenters. The number of pyridine rings is 4. The van der Waals surface area contributed by atoms with Crippen LogP contribution in [0.5, 0.6) is 0 Å². The van der Waals surface area contributed by atoms with Crippen molar-refractivity contribution in [2.45, 2.75) is 0 Å². The van der Waals surface area contributed by atoms with Gasteiger partial charge in [0.25, 0.3) is 0 Å². The topological polar surface area (TPSA) is 61.4 Å².